The average molecular weight is 299 g/mol. The number of unbranched alkanes of at least 4 members (excludes halogenated alkanes) is 8. The minimum absolute atomic E-state index is 0.184. The Morgan fingerprint density at radius 2 is 1.38 bits per heavy atom. The molecule has 0 radical (unpaired) electrons. The molecule has 0 aliphatic rings. The van der Waals surface area contributed by atoms with E-state index in [-0.39, 0.29) is 11.6 Å². The highest BCUT2D eigenvalue weighted by molar-refractivity contribution is 5.76. The summed E-state index contributed by atoms with van der Waals surface area (Å²) in [5.74, 6) is 0.184. The third kappa shape index (κ3) is 11.7. The van der Waals surface area contributed by atoms with Crippen LogP contribution in [0.4, 0.5) is 0 Å². The van der Waals surface area contributed by atoms with Crippen molar-refractivity contribution >= 4 is 5.91 Å². The van der Waals surface area contributed by atoms with E-state index < -0.39 is 0 Å². The molecule has 0 aliphatic carbocycles. The van der Waals surface area contributed by atoms with Crippen molar-refractivity contribution in [3.05, 3.63) is 0 Å². The standard InChI is InChI=1S/C18H38N2O/c1-5-8-9-10-11-12-13-14-15-16-17(21)20-18(4,6-2)19-7-3/h19H,5-16H2,1-4H3,(H,20,21). The van der Waals surface area contributed by atoms with Crippen LogP contribution >= 0.6 is 0 Å². The van der Waals surface area contributed by atoms with Crippen molar-refractivity contribution in [2.75, 3.05) is 6.54 Å². The van der Waals surface area contributed by atoms with Crippen LogP contribution in [0.5, 0.6) is 0 Å². The molecule has 21 heavy (non-hydrogen) atoms. The van der Waals surface area contributed by atoms with Crippen LogP contribution in [0.25, 0.3) is 0 Å². The van der Waals surface area contributed by atoms with E-state index >= 15 is 0 Å². The number of amides is 1. The Labute approximate surface area is 132 Å². The van der Waals surface area contributed by atoms with Crippen LogP contribution in [0, 0.1) is 0 Å². The molecule has 0 bridgehead atoms. The Morgan fingerprint density at radius 1 is 0.857 bits per heavy atom. The predicted octanol–water partition coefficient (Wildman–Crippen LogP) is 4.76. The number of nitrogens with one attached hydrogen (secondary N) is 2. The first-order chi connectivity index (χ1) is 10.1. The van der Waals surface area contributed by atoms with Crippen LogP contribution in [0.2, 0.25) is 0 Å². The maximum atomic E-state index is 11.9. The van der Waals surface area contributed by atoms with Gasteiger partial charge in [0.05, 0.1) is 5.66 Å². The normalized spacial score (nSPS) is 13.9. The highest BCUT2D eigenvalue weighted by Gasteiger charge is 2.21. The van der Waals surface area contributed by atoms with Gasteiger partial charge in [-0.25, -0.2) is 0 Å². The van der Waals surface area contributed by atoms with Gasteiger partial charge in [-0.15, -0.1) is 0 Å². The summed E-state index contributed by atoms with van der Waals surface area (Å²) in [7, 11) is 0. The predicted molar refractivity (Wildman–Crippen MR) is 92.4 cm³/mol. The zero-order chi connectivity index (χ0) is 16.0. The van der Waals surface area contributed by atoms with Crippen molar-refractivity contribution in [2.45, 2.75) is 104 Å². The molecule has 1 unspecified atom stereocenters. The van der Waals surface area contributed by atoms with Gasteiger partial charge in [-0.1, -0.05) is 72.1 Å². The molecule has 1 amide bonds. The Hall–Kier alpha value is -0.570. The van der Waals surface area contributed by atoms with E-state index in [9.17, 15) is 4.79 Å². The molecule has 3 heteroatoms. The number of carbonyl (C=O) groups is 1. The number of hydrogen-bond acceptors (Lipinski definition) is 2. The van der Waals surface area contributed by atoms with E-state index in [1.54, 1.807) is 0 Å². The first kappa shape index (κ1) is 20.4. The summed E-state index contributed by atoms with van der Waals surface area (Å²) in [5, 5.41) is 6.46. The largest absolute Gasteiger partial charge is 0.338 e. The highest BCUT2D eigenvalue weighted by atomic mass is 16.1. The van der Waals surface area contributed by atoms with Gasteiger partial charge in [0.2, 0.25) is 5.91 Å². The van der Waals surface area contributed by atoms with E-state index in [4.69, 9.17) is 0 Å². The van der Waals surface area contributed by atoms with Crippen molar-refractivity contribution < 1.29 is 4.79 Å². The fourth-order valence-electron chi connectivity index (χ4n) is 2.61. The van der Waals surface area contributed by atoms with E-state index in [0.717, 1.165) is 19.4 Å². The first-order valence-electron chi connectivity index (χ1n) is 9.14. The summed E-state index contributed by atoms with van der Waals surface area (Å²) in [5.41, 5.74) is -0.245. The average Bonchev–Trinajstić information content (AvgIpc) is 2.45. The molecule has 0 rings (SSSR count). The molecule has 3 nitrogen and oxygen atoms in total. The van der Waals surface area contributed by atoms with Crippen molar-refractivity contribution in [3.8, 4) is 0 Å². The smallest absolute Gasteiger partial charge is 0.221 e. The Balaban J connectivity index is 3.53. The maximum absolute atomic E-state index is 11.9. The van der Waals surface area contributed by atoms with Gasteiger partial charge in [0.25, 0.3) is 0 Å². The lowest BCUT2D eigenvalue weighted by molar-refractivity contribution is -0.123. The minimum Gasteiger partial charge on any atom is -0.338 e. The minimum atomic E-state index is -0.245. The molecular formula is C18H38N2O. The van der Waals surface area contributed by atoms with E-state index in [2.05, 4.69) is 38.3 Å². The SMILES string of the molecule is CCCCCCCCCCCC(=O)NC(C)(CC)NCC. The molecule has 1 atom stereocenters. The molecular weight excluding hydrogens is 260 g/mol. The number of carbonyl (C=O) groups excluding carboxylic acids is 1. The zero-order valence-electron chi connectivity index (χ0n) is 14.9. The van der Waals surface area contributed by atoms with Crippen LogP contribution in [0.3, 0.4) is 0 Å². The molecule has 0 aromatic carbocycles. The van der Waals surface area contributed by atoms with Gasteiger partial charge in [0, 0.05) is 6.42 Å². The second kappa shape index (κ2) is 13.1. The van der Waals surface area contributed by atoms with Gasteiger partial charge in [0.15, 0.2) is 0 Å². The molecule has 126 valence electrons. The van der Waals surface area contributed by atoms with Gasteiger partial charge >= 0.3 is 0 Å². The third-order valence-electron chi connectivity index (χ3n) is 4.20. The lowest BCUT2D eigenvalue weighted by Gasteiger charge is -2.30. The topological polar surface area (TPSA) is 41.1 Å². The van der Waals surface area contributed by atoms with Crippen LogP contribution < -0.4 is 10.6 Å². The van der Waals surface area contributed by atoms with Gasteiger partial charge in [-0.3, -0.25) is 10.1 Å². The van der Waals surface area contributed by atoms with Crippen molar-refractivity contribution in [1.82, 2.24) is 10.6 Å². The monoisotopic (exact) mass is 298 g/mol. The molecule has 0 heterocycles. The van der Waals surface area contributed by atoms with E-state index in [0.29, 0.717) is 6.42 Å². The quantitative estimate of drug-likeness (QED) is 0.358. The summed E-state index contributed by atoms with van der Waals surface area (Å²) in [4.78, 5) is 11.9. The van der Waals surface area contributed by atoms with Crippen molar-refractivity contribution in [2.24, 2.45) is 0 Å². The zero-order valence-corrected chi connectivity index (χ0v) is 14.9. The highest BCUT2D eigenvalue weighted by Crippen LogP contribution is 2.11. The number of hydrogen-bond donors (Lipinski definition) is 2. The van der Waals surface area contributed by atoms with Crippen molar-refractivity contribution in [3.63, 3.8) is 0 Å². The summed E-state index contributed by atoms with van der Waals surface area (Å²) >= 11 is 0. The summed E-state index contributed by atoms with van der Waals surface area (Å²) in [6.07, 6.45) is 13.2. The van der Waals surface area contributed by atoms with E-state index in [1.165, 1.54) is 51.4 Å². The molecule has 2 N–H and O–H groups in total. The maximum Gasteiger partial charge on any atom is 0.221 e. The first-order valence-corrected chi connectivity index (χ1v) is 9.14. The van der Waals surface area contributed by atoms with Crippen LogP contribution in [-0.2, 0) is 4.79 Å². The van der Waals surface area contributed by atoms with Gasteiger partial charge in [-0.2, -0.15) is 0 Å². The molecule has 0 spiro atoms. The van der Waals surface area contributed by atoms with Gasteiger partial charge in [-0.05, 0) is 26.3 Å². The number of rotatable bonds is 14. The fourth-order valence-corrected chi connectivity index (χ4v) is 2.61. The van der Waals surface area contributed by atoms with Crippen molar-refractivity contribution in [1.29, 1.82) is 0 Å². The van der Waals surface area contributed by atoms with Crippen LogP contribution in [0.15, 0.2) is 0 Å². The van der Waals surface area contributed by atoms with Gasteiger partial charge in [0.1, 0.15) is 0 Å². The molecule has 0 aliphatic heterocycles. The fraction of sp³-hybridized carbons (Fsp3) is 0.944. The van der Waals surface area contributed by atoms with Crippen LogP contribution in [-0.4, -0.2) is 18.1 Å². The summed E-state index contributed by atoms with van der Waals surface area (Å²) in [6, 6.07) is 0. The Bertz CT molecular complexity index is 256. The molecule has 0 saturated heterocycles. The van der Waals surface area contributed by atoms with Gasteiger partial charge < -0.3 is 5.32 Å². The second-order valence-corrected chi connectivity index (χ2v) is 6.34. The second-order valence-electron chi connectivity index (χ2n) is 6.34. The molecule has 0 saturated carbocycles. The van der Waals surface area contributed by atoms with Crippen LogP contribution in [0.1, 0.15) is 98.3 Å². The Morgan fingerprint density at radius 3 is 1.86 bits per heavy atom. The lowest BCUT2D eigenvalue weighted by atomic mass is 10.1. The molecule has 0 aromatic rings. The summed E-state index contributed by atoms with van der Waals surface area (Å²) < 4.78 is 0. The lowest BCUT2D eigenvalue weighted by Crippen LogP contribution is -2.56. The summed E-state index contributed by atoms with van der Waals surface area (Å²) in [6.45, 7) is 9.36. The van der Waals surface area contributed by atoms with E-state index in [1.807, 2.05) is 0 Å². The Kier molecular flexibility index (Phi) is 12.8. The molecule has 0 aromatic heterocycles. The third-order valence-corrected chi connectivity index (χ3v) is 4.20. The molecule has 0 fully saturated rings.